The molecular weight excluding hydrogens is 358 g/mol. The summed E-state index contributed by atoms with van der Waals surface area (Å²) in [6, 6.07) is 11.1. The number of nitrogens with zero attached hydrogens (tertiary/aromatic N) is 2. The average molecular weight is 375 g/mol. The molecule has 1 aromatic heterocycles. The molecule has 2 N–H and O–H groups in total. The molecule has 0 aliphatic carbocycles. The third-order valence-electron chi connectivity index (χ3n) is 3.96. The third kappa shape index (κ3) is 3.26. The van der Waals surface area contributed by atoms with Crippen LogP contribution in [-0.2, 0) is 23.6 Å². The van der Waals surface area contributed by atoms with Crippen molar-refractivity contribution in [2.45, 2.75) is 11.4 Å². The van der Waals surface area contributed by atoms with Gasteiger partial charge in [0, 0.05) is 12.4 Å². The van der Waals surface area contributed by atoms with Gasteiger partial charge in [0.2, 0.25) is 10.0 Å². The normalized spacial score (nSPS) is 11.6. The van der Waals surface area contributed by atoms with Gasteiger partial charge in [0.25, 0.3) is 0 Å². The van der Waals surface area contributed by atoms with Gasteiger partial charge < -0.3 is 9.84 Å². The summed E-state index contributed by atoms with van der Waals surface area (Å²) >= 11 is 0. The summed E-state index contributed by atoms with van der Waals surface area (Å²) < 4.78 is 34.6. The molecule has 0 aliphatic heterocycles. The Morgan fingerprint density at radius 3 is 2.69 bits per heavy atom. The zero-order valence-electron chi connectivity index (χ0n) is 14.1. The molecule has 0 unspecified atom stereocenters. The topological polar surface area (TPSA) is 111 Å². The highest BCUT2D eigenvalue weighted by atomic mass is 32.2. The molecule has 0 saturated carbocycles. The van der Waals surface area contributed by atoms with Crippen LogP contribution in [-0.4, -0.2) is 36.4 Å². The minimum Gasteiger partial charge on any atom is -0.495 e. The molecule has 3 aromatic rings. The predicted molar refractivity (Wildman–Crippen MR) is 94.7 cm³/mol. The molecule has 0 atom stereocenters. The number of para-hydroxylation sites is 1. The highest BCUT2D eigenvalue weighted by Crippen LogP contribution is 2.25. The lowest BCUT2D eigenvalue weighted by atomic mass is 10.2. The second-order valence-corrected chi connectivity index (χ2v) is 7.32. The van der Waals surface area contributed by atoms with Gasteiger partial charge in [-0.25, -0.2) is 17.9 Å². The number of ether oxygens (including phenoxy) is 1. The van der Waals surface area contributed by atoms with Gasteiger partial charge in [-0.3, -0.25) is 4.68 Å². The van der Waals surface area contributed by atoms with Gasteiger partial charge in [0.05, 0.1) is 30.4 Å². The van der Waals surface area contributed by atoms with E-state index in [2.05, 4.69) is 9.82 Å². The molecule has 0 saturated heterocycles. The SMILES string of the molecule is COc1ccc(C(=O)O)cc1S(=O)(=O)NCc1nn(C)c2ccccc12. The predicted octanol–water partition coefficient (Wildman–Crippen LogP) is 1.76. The molecule has 1 heterocycles. The largest absolute Gasteiger partial charge is 0.495 e. The van der Waals surface area contributed by atoms with Gasteiger partial charge in [-0.05, 0) is 24.3 Å². The monoisotopic (exact) mass is 375 g/mol. The molecule has 9 heteroatoms. The lowest BCUT2D eigenvalue weighted by Crippen LogP contribution is -2.24. The van der Waals surface area contributed by atoms with Crippen molar-refractivity contribution in [1.82, 2.24) is 14.5 Å². The van der Waals surface area contributed by atoms with Crippen molar-refractivity contribution in [2.24, 2.45) is 7.05 Å². The number of sulfonamides is 1. The van der Waals surface area contributed by atoms with Crippen molar-refractivity contribution < 1.29 is 23.1 Å². The van der Waals surface area contributed by atoms with Crippen LogP contribution >= 0.6 is 0 Å². The highest BCUT2D eigenvalue weighted by Gasteiger charge is 2.22. The zero-order chi connectivity index (χ0) is 18.9. The smallest absolute Gasteiger partial charge is 0.335 e. The van der Waals surface area contributed by atoms with E-state index in [1.807, 2.05) is 24.3 Å². The van der Waals surface area contributed by atoms with E-state index in [1.165, 1.54) is 19.2 Å². The Morgan fingerprint density at radius 2 is 2.00 bits per heavy atom. The zero-order valence-corrected chi connectivity index (χ0v) is 14.9. The summed E-state index contributed by atoms with van der Waals surface area (Å²) in [5.74, 6) is -1.16. The van der Waals surface area contributed by atoms with Crippen LogP contribution in [0.15, 0.2) is 47.4 Å². The maximum Gasteiger partial charge on any atom is 0.335 e. The van der Waals surface area contributed by atoms with Crippen molar-refractivity contribution in [3.63, 3.8) is 0 Å². The Bertz CT molecular complexity index is 1090. The van der Waals surface area contributed by atoms with E-state index >= 15 is 0 Å². The fraction of sp³-hybridized carbons (Fsp3) is 0.176. The standard InChI is InChI=1S/C17H17N3O5S/c1-20-14-6-4-3-5-12(14)13(19-20)10-18-26(23,24)16-9-11(17(21)22)7-8-15(16)25-2/h3-9,18H,10H2,1-2H3,(H,21,22). The second-order valence-electron chi connectivity index (χ2n) is 5.58. The number of methoxy groups -OCH3 is 1. The number of aromatic carboxylic acids is 1. The number of hydrogen-bond donors (Lipinski definition) is 2. The van der Waals surface area contributed by atoms with Gasteiger partial charge in [-0.15, -0.1) is 0 Å². The van der Waals surface area contributed by atoms with E-state index in [0.717, 1.165) is 17.0 Å². The summed E-state index contributed by atoms with van der Waals surface area (Å²) in [6.07, 6.45) is 0. The van der Waals surface area contributed by atoms with Crippen LogP contribution in [0.3, 0.4) is 0 Å². The van der Waals surface area contributed by atoms with E-state index in [-0.39, 0.29) is 22.8 Å². The average Bonchev–Trinajstić information content (AvgIpc) is 2.96. The van der Waals surface area contributed by atoms with Gasteiger partial charge in [-0.2, -0.15) is 5.10 Å². The minimum atomic E-state index is -4.00. The summed E-state index contributed by atoms with van der Waals surface area (Å²) in [4.78, 5) is 10.9. The third-order valence-corrected chi connectivity index (χ3v) is 5.39. The number of carboxylic acid groups (broad SMARTS) is 1. The number of rotatable bonds is 6. The number of carboxylic acids is 1. The Hall–Kier alpha value is -2.91. The molecule has 0 spiro atoms. The van der Waals surface area contributed by atoms with E-state index in [4.69, 9.17) is 9.84 Å². The van der Waals surface area contributed by atoms with Crippen molar-refractivity contribution in [2.75, 3.05) is 7.11 Å². The molecule has 26 heavy (non-hydrogen) atoms. The summed E-state index contributed by atoms with van der Waals surface area (Å²) in [5.41, 5.74) is 1.31. The van der Waals surface area contributed by atoms with E-state index in [1.54, 1.807) is 11.7 Å². The molecule has 0 aliphatic rings. The van der Waals surface area contributed by atoms with Gasteiger partial charge in [0.1, 0.15) is 10.6 Å². The molecule has 2 aromatic carbocycles. The van der Waals surface area contributed by atoms with E-state index in [9.17, 15) is 13.2 Å². The Kier molecular flexibility index (Phi) is 4.66. The van der Waals surface area contributed by atoms with E-state index in [0.29, 0.717) is 5.69 Å². The fourth-order valence-electron chi connectivity index (χ4n) is 2.68. The van der Waals surface area contributed by atoms with Crippen molar-refractivity contribution >= 4 is 26.9 Å². The number of carbonyl (C=O) groups is 1. The first-order valence-corrected chi connectivity index (χ1v) is 9.13. The Balaban J connectivity index is 1.94. The van der Waals surface area contributed by atoms with Gasteiger partial charge >= 0.3 is 5.97 Å². The maximum absolute atomic E-state index is 12.7. The number of nitrogens with one attached hydrogen (secondary N) is 1. The quantitative estimate of drug-likeness (QED) is 0.679. The van der Waals surface area contributed by atoms with Crippen molar-refractivity contribution in [3.8, 4) is 5.75 Å². The number of hydrogen-bond acceptors (Lipinski definition) is 5. The van der Waals surface area contributed by atoms with Gasteiger partial charge in [-0.1, -0.05) is 18.2 Å². The first-order valence-electron chi connectivity index (χ1n) is 7.65. The van der Waals surface area contributed by atoms with Crippen LogP contribution in [0.5, 0.6) is 5.75 Å². The lowest BCUT2D eigenvalue weighted by Gasteiger charge is -2.11. The van der Waals surface area contributed by atoms with E-state index < -0.39 is 16.0 Å². The first kappa shape index (κ1) is 17.9. The van der Waals surface area contributed by atoms with Crippen LogP contribution in [0.25, 0.3) is 10.9 Å². The number of aryl methyl sites for hydroxylation is 1. The Labute approximate surface area is 150 Å². The molecule has 0 bridgehead atoms. The second kappa shape index (κ2) is 6.77. The van der Waals surface area contributed by atoms with Gasteiger partial charge in [0.15, 0.2) is 0 Å². The number of aromatic nitrogens is 2. The molecule has 8 nitrogen and oxygen atoms in total. The maximum atomic E-state index is 12.7. The lowest BCUT2D eigenvalue weighted by molar-refractivity contribution is 0.0696. The molecule has 3 rings (SSSR count). The molecule has 0 amide bonds. The van der Waals surface area contributed by atoms with Crippen LogP contribution < -0.4 is 9.46 Å². The van der Waals surface area contributed by atoms with Crippen molar-refractivity contribution in [3.05, 3.63) is 53.7 Å². The van der Waals surface area contributed by atoms with Crippen LogP contribution in [0.1, 0.15) is 16.1 Å². The first-order chi connectivity index (χ1) is 12.3. The molecule has 0 radical (unpaired) electrons. The molecular formula is C17H17N3O5S. The number of fused-ring (bicyclic) bond motifs is 1. The van der Waals surface area contributed by atoms with Crippen LogP contribution in [0.2, 0.25) is 0 Å². The summed E-state index contributed by atoms with van der Waals surface area (Å²) in [5, 5.41) is 14.3. The Morgan fingerprint density at radius 1 is 1.27 bits per heavy atom. The molecule has 136 valence electrons. The number of benzene rings is 2. The highest BCUT2D eigenvalue weighted by molar-refractivity contribution is 7.89. The van der Waals surface area contributed by atoms with Crippen molar-refractivity contribution in [1.29, 1.82) is 0 Å². The minimum absolute atomic E-state index is 0.0376. The summed E-state index contributed by atoms with van der Waals surface area (Å²) in [7, 11) is -0.906. The van der Waals surface area contributed by atoms with Crippen LogP contribution in [0, 0.1) is 0 Å². The summed E-state index contributed by atoms with van der Waals surface area (Å²) in [6.45, 7) is -0.0376. The molecule has 0 fully saturated rings. The fourth-order valence-corrected chi connectivity index (χ4v) is 3.86. The van der Waals surface area contributed by atoms with Crippen LogP contribution in [0.4, 0.5) is 0 Å².